The van der Waals surface area contributed by atoms with Crippen molar-refractivity contribution in [2.45, 2.75) is 66.0 Å². The molecule has 0 radical (unpaired) electrons. The molecule has 2 rings (SSSR count). The molecular formula is C18H29NO. The molecule has 0 saturated heterocycles. The first-order valence-electron chi connectivity index (χ1n) is 8.03. The molecule has 0 spiro atoms. The first-order chi connectivity index (χ1) is 9.56. The Bertz CT molecular complexity index is 410. The monoisotopic (exact) mass is 275 g/mol. The molecule has 0 aliphatic heterocycles. The zero-order chi connectivity index (χ0) is 14.5. The number of aryl methyl sites for hydroxylation is 2. The van der Waals surface area contributed by atoms with E-state index in [2.05, 4.69) is 45.1 Å². The number of rotatable bonds is 6. The first-order valence-corrected chi connectivity index (χ1v) is 8.03. The number of ether oxygens (including phenoxy) is 1. The van der Waals surface area contributed by atoms with E-state index in [1.54, 1.807) is 0 Å². The third kappa shape index (κ3) is 4.24. The molecule has 2 nitrogen and oxygen atoms in total. The Hall–Kier alpha value is -1.02. The summed E-state index contributed by atoms with van der Waals surface area (Å²) >= 11 is 0. The van der Waals surface area contributed by atoms with Crippen LogP contribution >= 0.6 is 0 Å². The molecule has 1 aromatic rings. The van der Waals surface area contributed by atoms with Gasteiger partial charge in [-0.05, 0) is 68.7 Å². The fourth-order valence-electron chi connectivity index (χ4n) is 3.01. The van der Waals surface area contributed by atoms with Gasteiger partial charge in [0.25, 0.3) is 0 Å². The maximum absolute atomic E-state index is 6.21. The minimum absolute atomic E-state index is 0.442. The molecule has 20 heavy (non-hydrogen) atoms. The van der Waals surface area contributed by atoms with Gasteiger partial charge in [-0.15, -0.1) is 0 Å². The highest BCUT2D eigenvalue weighted by Gasteiger charge is 2.18. The summed E-state index contributed by atoms with van der Waals surface area (Å²) in [5.74, 6) is 1.81. The highest BCUT2D eigenvalue weighted by molar-refractivity contribution is 5.43. The van der Waals surface area contributed by atoms with Crippen molar-refractivity contribution in [1.29, 1.82) is 0 Å². The molecule has 0 heterocycles. The van der Waals surface area contributed by atoms with Crippen LogP contribution in [0.4, 0.5) is 0 Å². The van der Waals surface area contributed by atoms with Gasteiger partial charge in [0.15, 0.2) is 0 Å². The van der Waals surface area contributed by atoms with Crippen LogP contribution in [-0.4, -0.2) is 12.6 Å². The maximum Gasteiger partial charge on any atom is 0.125 e. The van der Waals surface area contributed by atoms with Crippen LogP contribution in [0.3, 0.4) is 0 Å². The Kier molecular flexibility index (Phi) is 5.47. The van der Waals surface area contributed by atoms with Crippen LogP contribution in [0.15, 0.2) is 12.1 Å². The second-order valence-corrected chi connectivity index (χ2v) is 6.61. The highest BCUT2D eigenvalue weighted by atomic mass is 16.5. The fourth-order valence-corrected chi connectivity index (χ4v) is 3.01. The Morgan fingerprint density at radius 3 is 2.30 bits per heavy atom. The van der Waals surface area contributed by atoms with Gasteiger partial charge in [-0.2, -0.15) is 0 Å². The number of hydrogen-bond donors (Lipinski definition) is 1. The molecule has 0 unspecified atom stereocenters. The van der Waals surface area contributed by atoms with Crippen molar-refractivity contribution in [3.05, 3.63) is 28.8 Å². The first kappa shape index (κ1) is 15.4. The summed E-state index contributed by atoms with van der Waals surface area (Å²) in [7, 11) is 0. The standard InChI is InChI=1S/C18H29NO/c1-13(2)11-19-12-16-9-14(3)18(15(4)10-16)20-17-7-5-6-8-17/h9-10,13,17,19H,5-8,11-12H2,1-4H3. The SMILES string of the molecule is Cc1cc(CNCC(C)C)cc(C)c1OC1CCCC1. The lowest BCUT2D eigenvalue weighted by Crippen LogP contribution is -2.19. The van der Waals surface area contributed by atoms with Gasteiger partial charge in [-0.1, -0.05) is 26.0 Å². The van der Waals surface area contributed by atoms with Crippen molar-refractivity contribution in [1.82, 2.24) is 5.32 Å². The molecule has 0 aromatic heterocycles. The average Bonchev–Trinajstić information content (AvgIpc) is 2.86. The topological polar surface area (TPSA) is 21.3 Å². The van der Waals surface area contributed by atoms with Gasteiger partial charge in [-0.3, -0.25) is 0 Å². The highest BCUT2D eigenvalue weighted by Crippen LogP contribution is 2.30. The minimum atomic E-state index is 0.442. The van der Waals surface area contributed by atoms with Crippen molar-refractivity contribution < 1.29 is 4.74 Å². The Labute approximate surface area is 123 Å². The van der Waals surface area contributed by atoms with Crippen LogP contribution in [0, 0.1) is 19.8 Å². The second-order valence-electron chi connectivity index (χ2n) is 6.61. The normalized spacial score (nSPS) is 16.1. The van der Waals surface area contributed by atoms with E-state index in [1.807, 2.05) is 0 Å². The van der Waals surface area contributed by atoms with Gasteiger partial charge < -0.3 is 10.1 Å². The predicted molar refractivity (Wildman–Crippen MR) is 85.3 cm³/mol. The van der Waals surface area contributed by atoms with Crippen LogP contribution < -0.4 is 10.1 Å². The van der Waals surface area contributed by atoms with Gasteiger partial charge in [0.05, 0.1) is 6.10 Å². The largest absolute Gasteiger partial charge is 0.490 e. The predicted octanol–water partition coefficient (Wildman–Crippen LogP) is 4.37. The summed E-state index contributed by atoms with van der Waals surface area (Å²) < 4.78 is 6.21. The van der Waals surface area contributed by atoms with E-state index in [1.165, 1.54) is 42.4 Å². The average molecular weight is 275 g/mol. The van der Waals surface area contributed by atoms with Crippen LogP contribution in [0.2, 0.25) is 0 Å². The van der Waals surface area contributed by atoms with Gasteiger partial charge in [0.1, 0.15) is 5.75 Å². The van der Waals surface area contributed by atoms with E-state index in [-0.39, 0.29) is 0 Å². The van der Waals surface area contributed by atoms with Crippen molar-refractivity contribution in [2.75, 3.05) is 6.54 Å². The van der Waals surface area contributed by atoms with Gasteiger partial charge in [0, 0.05) is 6.54 Å². The summed E-state index contributed by atoms with van der Waals surface area (Å²) in [5.41, 5.74) is 3.91. The van der Waals surface area contributed by atoms with Gasteiger partial charge >= 0.3 is 0 Å². The molecule has 0 bridgehead atoms. The molecule has 1 aliphatic carbocycles. The van der Waals surface area contributed by atoms with Gasteiger partial charge in [-0.25, -0.2) is 0 Å². The summed E-state index contributed by atoms with van der Waals surface area (Å²) in [6.07, 6.45) is 5.52. The quantitative estimate of drug-likeness (QED) is 0.832. The van der Waals surface area contributed by atoms with E-state index >= 15 is 0 Å². The van der Waals surface area contributed by atoms with Crippen molar-refractivity contribution in [3.8, 4) is 5.75 Å². The lowest BCUT2D eigenvalue weighted by atomic mass is 10.1. The molecule has 1 aliphatic rings. The Morgan fingerprint density at radius 1 is 1.15 bits per heavy atom. The van der Waals surface area contributed by atoms with E-state index in [0.29, 0.717) is 12.0 Å². The van der Waals surface area contributed by atoms with Crippen molar-refractivity contribution >= 4 is 0 Å². The second kappa shape index (κ2) is 7.12. The number of hydrogen-bond acceptors (Lipinski definition) is 2. The van der Waals surface area contributed by atoms with E-state index in [4.69, 9.17) is 4.74 Å². The molecule has 1 fully saturated rings. The molecule has 112 valence electrons. The lowest BCUT2D eigenvalue weighted by molar-refractivity contribution is 0.207. The lowest BCUT2D eigenvalue weighted by Gasteiger charge is -2.19. The number of nitrogens with one attached hydrogen (secondary N) is 1. The Morgan fingerprint density at radius 2 is 1.75 bits per heavy atom. The minimum Gasteiger partial charge on any atom is -0.490 e. The molecule has 1 saturated carbocycles. The van der Waals surface area contributed by atoms with Crippen molar-refractivity contribution in [2.24, 2.45) is 5.92 Å². The summed E-state index contributed by atoms with van der Waals surface area (Å²) in [4.78, 5) is 0. The molecule has 1 N–H and O–H groups in total. The van der Waals surface area contributed by atoms with E-state index in [9.17, 15) is 0 Å². The van der Waals surface area contributed by atoms with Crippen molar-refractivity contribution in [3.63, 3.8) is 0 Å². The molecular weight excluding hydrogens is 246 g/mol. The maximum atomic E-state index is 6.21. The number of benzene rings is 1. The smallest absolute Gasteiger partial charge is 0.125 e. The Balaban J connectivity index is 2.00. The zero-order valence-corrected chi connectivity index (χ0v) is 13.5. The third-order valence-electron chi connectivity index (χ3n) is 3.99. The molecule has 2 heteroatoms. The summed E-state index contributed by atoms with van der Waals surface area (Å²) in [5, 5.41) is 3.51. The molecule has 0 atom stereocenters. The van der Waals surface area contributed by atoms with Crippen LogP contribution in [-0.2, 0) is 6.54 Å². The third-order valence-corrected chi connectivity index (χ3v) is 3.99. The summed E-state index contributed by atoms with van der Waals surface area (Å²) in [6, 6.07) is 4.54. The zero-order valence-electron chi connectivity index (χ0n) is 13.5. The fraction of sp³-hybridized carbons (Fsp3) is 0.667. The summed E-state index contributed by atoms with van der Waals surface area (Å²) in [6.45, 7) is 10.8. The van der Waals surface area contributed by atoms with Crippen LogP contribution in [0.1, 0.15) is 56.2 Å². The van der Waals surface area contributed by atoms with E-state index in [0.717, 1.165) is 18.8 Å². The van der Waals surface area contributed by atoms with Gasteiger partial charge in [0.2, 0.25) is 0 Å². The van der Waals surface area contributed by atoms with Crippen LogP contribution in [0.25, 0.3) is 0 Å². The van der Waals surface area contributed by atoms with Crippen LogP contribution in [0.5, 0.6) is 5.75 Å². The molecule has 0 amide bonds. The molecule has 1 aromatic carbocycles. The van der Waals surface area contributed by atoms with E-state index < -0.39 is 0 Å².